The number of benzene rings is 4. The Balaban J connectivity index is 0.996. The van der Waals surface area contributed by atoms with Gasteiger partial charge in [0.1, 0.15) is 30.6 Å². The minimum atomic E-state index is -1.93. The summed E-state index contributed by atoms with van der Waals surface area (Å²) in [5.74, 6) is -0.685. The molecule has 0 fully saturated rings. The first-order valence-corrected chi connectivity index (χ1v) is 23.3. The van der Waals surface area contributed by atoms with E-state index >= 15 is 0 Å². The number of pyridine rings is 2. The zero-order valence-electron chi connectivity index (χ0n) is 39.7. The number of nitrogens with one attached hydrogen (secondary N) is 2. The fourth-order valence-corrected chi connectivity index (χ4v) is 9.51. The molecule has 2 aliphatic heterocycles. The highest BCUT2D eigenvalue weighted by molar-refractivity contribution is 5.96. The van der Waals surface area contributed by atoms with Gasteiger partial charge in [-0.2, -0.15) is 0 Å². The van der Waals surface area contributed by atoms with E-state index in [0.717, 1.165) is 44.3 Å². The molecule has 0 unspecified atom stereocenters. The van der Waals surface area contributed by atoms with Gasteiger partial charge in [-0.05, 0) is 112 Å². The second-order valence-electron chi connectivity index (χ2n) is 18.6. The molecular weight excluding hydrogens is 879 g/mol. The highest BCUT2D eigenvalue weighted by Gasteiger charge is 2.45. The van der Waals surface area contributed by atoms with Gasteiger partial charge in [0, 0.05) is 46.4 Å². The van der Waals surface area contributed by atoms with Crippen molar-refractivity contribution in [1.29, 1.82) is 0 Å². The number of aliphatic hydroxyl groups is 1. The number of hydrogen-bond donors (Lipinski definition) is 3. The molecule has 0 bridgehead atoms. The van der Waals surface area contributed by atoms with E-state index in [1.807, 2.05) is 86.6 Å². The third kappa shape index (κ3) is 8.67. The van der Waals surface area contributed by atoms with Crippen LogP contribution < -0.4 is 20.9 Å². The molecule has 15 heteroatoms. The number of hydrogen-bond acceptors (Lipinski definition) is 11. The van der Waals surface area contributed by atoms with Crippen LogP contribution in [-0.2, 0) is 62.1 Å². The van der Waals surface area contributed by atoms with Crippen LogP contribution >= 0.6 is 0 Å². The topological polar surface area (TPSA) is 188 Å². The first-order valence-electron chi connectivity index (χ1n) is 23.3. The van der Waals surface area contributed by atoms with Gasteiger partial charge in [-0.3, -0.25) is 9.59 Å². The van der Waals surface area contributed by atoms with Gasteiger partial charge in [0.25, 0.3) is 5.56 Å². The lowest BCUT2D eigenvalue weighted by Gasteiger charge is -2.31. The zero-order chi connectivity index (χ0) is 48.9. The summed E-state index contributed by atoms with van der Waals surface area (Å²) >= 11 is 0. The number of esters is 1. The number of rotatable bonds is 12. The van der Waals surface area contributed by atoms with Gasteiger partial charge >= 0.3 is 18.2 Å². The fraction of sp³-hybridized carbons (Fsp3) is 0.333. The number of amides is 3. The Morgan fingerprint density at radius 2 is 1.64 bits per heavy atom. The standard InChI is InChI=1S/C54H55N5O10/c1-8-35-40-24-34(21-22-44(40)57-46-41(35)27-59-45(46)25-43-42(49(59)61)29-67-50(62)54(43,65)9-2)66-28-31-19-20-33(56-48(60)30(4)55-51(63)69-53(5,6)7)23-32(31)26-58(10-3)52(64)68-47-38-17-13-11-15-36(38)37-16-12-14-18-39(37)47/h11-25,30,47,65H,8-10,26-29H2,1-7H3,(H,55,63)(H,56,60)/t30-,54-/m0/s1. The molecule has 4 aromatic carbocycles. The maximum Gasteiger partial charge on any atom is 0.411 e. The molecule has 3 aliphatic rings. The molecule has 6 aromatic rings. The number of aromatic nitrogens is 2. The van der Waals surface area contributed by atoms with E-state index in [9.17, 15) is 29.1 Å². The number of alkyl carbamates (subject to hydrolysis) is 1. The monoisotopic (exact) mass is 933 g/mol. The first kappa shape index (κ1) is 46.6. The van der Waals surface area contributed by atoms with Crippen LogP contribution in [0.1, 0.15) is 105 Å². The minimum absolute atomic E-state index is 0.0496. The highest BCUT2D eigenvalue weighted by Crippen LogP contribution is 2.46. The van der Waals surface area contributed by atoms with Crippen molar-refractivity contribution in [2.75, 3.05) is 11.9 Å². The minimum Gasteiger partial charge on any atom is -0.489 e. The Morgan fingerprint density at radius 1 is 0.928 bits per heavy atom. The molecule has 15 nitrogen and oxygen atoms in total. The predicted molar refractivity (Wildman–Crippen MR) is 258 cm³/mol. The zero-order valence-corrected chi connectivity index (χ0v) is 39.7. The molecule has 4 heterocycles. The van der Waals surface area contributed by atoms with E-state index < -0.39 is 47.4 Å². The lowest BCUT2D eigenvalue weighted by Crippen LogP contribution is -2.44. The van der Waals surface area contributed by atoms with E-state index in [4.69, 9.17) is 23.9 Å². The third-order valence-corrected chi connectivity index (χ3v) is 13.1. The second kappa shape index (κ2) is 18.2. The predicted octanol–water partition coefficient (Wildman–Crippen LogP) is 8.80. The molecule has 3 amide bonds. The van der Waals surface area contributed by atoms with Gasteiger partial charge in [-0.1, -0.05) is 68.4 Å². The van der Waals surface area contributed by atoms with Crippen molar-refractivity contribution in [3.63, 3.8) is 0 Å². The molecule has 0 radical (unpaired) electrons. The lowest BCUT2D eigenvalue weighted by molar-refractivity contribution is -0.172. The number of anilines is 1. The van der Waals surface area contributed by atoms with E-state index in [1.165, 1.54) is 0 Å². The first-order chi connectivity index (χ1) is 33.0. The van der Waals surface area contributed by atoms with Gasteiger partial charge in [0.15, 0.2) is 11.7 Å². The molecule has 2 aromatic heterocycles. The number of aryl methyl sites for hydroxylation is 1. The summed E-state index contributed by atoms with van der Waals surface area (Å²) in [5.41, 5.74) is 6.96. The number of ether oxygens (including phenoxy) is 4. The van der Waals surface area contributed by atoms with E-state index in [-0.39, 0.29) is 49.4 Å². The van der Waals surface area contributed by atoms with E-state index in [0.29, 0.717) is 46.9 Å². The van der Waals surface area contributed by atoms with Crippen LogP contribution in [0.4, 0.5) is 15.3 Å². The summed E-state index contributed by atoms with van der Waals surface area (Å²) < 4.78 is 25.1. The van der Waals surface area contributed by atoms with Crippen molar-refractivity contribution >= 4 is 40.7 Å². The van der Waals surface area contributed by atoms with Crippen molar-refractivity contribution in [1.82, 2.24) is 19.8 Å². The Hall–Kier alpha value is -7.52. The third-order valence-electron chi connectivity index (χ3n) is 13.1. The van der Waals surface area contributed by atoms with Crippen molar-refractivity contribution in [2.45, 2.75) is 111 Å². The van der Waals surface area contributed by atoms with E-state index in [2.05, 4.69) is 10.6 Å². The van der Waals surface area contributed by atoms with Crippen LogP contribution in [0, 0.1) is 0 Å². The summed E-state index contributed by atoms with van der Waals surface area (Å²) in [6.45, 7) is 12.9. The van der Waals surface area contributed by atoms with Crippen LogP contribution in [0.3, 0.4) is 0 Å². The second-order valence-corrected chi connectivity index (χ2v) is 18.6. The van der Waals surface area contributed by atoms with Crippen molar-refractivity contribution in [3.8, 4) is 28.3 Å². The van der Waals surface area contributed by atoms with Crippen molar-refractivity contribution in [2.24, 2.45) is 0 Å². The van der Waals surface area contributed by atoms with E-state index in [1.54, 1.807) is 62.3 Å². The van der Waals surface area contributed by atoms with Gasteiger partial charge in [-0.25, -0.2) is 19.4 Å². The summed E-state index contributed by atoms with van der Waals surface area (Å²) in [6.07, 6.45) is -1.16. The number of carbonyl (C=O) groups is 4. The quantitative estimate of drug-likeness (QED) is 0.0785. The Kier molecular flexibility index (Phi) is 12.3. The maximum absolute atomic E-state index is 14.2. The molecule has 69 heavy (non-hydrogen) atoms. The highest BCUT2D eigenvalue weighted by atomic mass is 16.6. The maximum atomic E-state index is 14.2. The number of carbonyl (C=O) groups excluding carboxylic acids is 4. The summed E-state index contributed by atoms with van der Waals surface area (Å²) in [7, 11) is 0. The van der Waals surface area contributed by atoms with Crippen LogP contribution in [-0.4, -0.2) is 61.8 Å². The molecule has 1 aliphatic carbocycles. The normalized spacial score (nSPS) is 16.0. The largest absolute Gasteiger partial charge is 0.489 e. The smallest absolute Gasteiger partial charge is 0.411 e. The Bertz CT molecular complexity index is 3090. The molecule has 0 saturated carbocycles. The summed E-state index contributed by atoms with van der Waals surface area (Å²) in [5, 5.41) is 17.7. The van der Waals surface area contributed by atoms with Crippen LogP contribution in [0.15, 0.2) is 95.8 Å². The molecule has 9 rings (SSSR count). The van der Waals surface area contributed by atoms with Crippen LogP contribution in [0.25, 0.3) is 33.4 Å². The molecule has 0 saturated heterocycles. The van der Waals surface area contributed by atoms with Gasteiger partial charge in [0.05, 0.1) is 29.0 Å². The fourth-order valence-electron chi connectivity index (χ4n) is 9.51. The van der Waals surface area contributed by atoms with Gasteiger partial charge < -0.3 is 44.2 Å². The van der Waals surface area contributed by atoms with Crippen molar-refractivity contribution in [3.05, 3.63) is 146 Å². The molecular formula is C54H55N5O10. The number of nitrogens with zero attached hydrogens (tertiary/aromatic N) is 3. The molecule has 3 N–H and O–H groups in total. The molecule has 2 atom stereocenters. The van der Waals surface area contributed by atoms with Gasteiger partial charge in [-0.15, -0.1) is 0 Å². The SMILES string of the molecule is CCc1c2c(nc3ccc(OCc4ccc(NC(=O)[C@H](C)NC(=O)OC(C)(C)C)cc4CN(CC)C(=O)OC4c5ccccc5-c5ccccc54)cc13)-c1cc3c(c(=O)n1C2)COC(=O)[C@]3(O)CC. The average molecular weight is 934 g/mol. The molecule has 356 valence electrons. The van der Waals surface area contributed by atoms with Crippen LogP contribution in [0.2, 0.25) is 0 Å². The Morgan fingerprint density at radius 3 is 2.30 bits per heavy atom. The lowest BCUT2D eigenvalue weighted by atomic mass is 9.86. The number of fused-ring (bicyclic) bond motifs is 8. The average Bonchev–Trinajstić information content (AvgIpc) is 3.85. The van der Waals surface area contributed by atoms with Crippen LogP contribution in [0.5, 0.6) is 5.75 Å². The number of cyclic esters (lactones) is 1. The summed E-state index contributed by atoms with van der Waals surface area (Å²) in [6, 6.07) is 27.6. The summed E-state index contributed by atoms with van der Waals surface area (Å²) in [4.78, 5) is 73.3. The van der Waals surface area contributed by atoms with Gasteiger partial charge in [0.2, 0.25) is 5.91 Å². The van der Waals surface area contributed by atoms with Crippen molar-refractivity contribution < 1.29 is 43.2 Å². The Labute approximate surface area is 399 Å². The molecule has 0 spiro atoms.